The molecule has 1 aliphatic carbocycles. The molecular formula is C14H17N3O2. The molecule has 0 radical (unpaired) electrons. The van der Waals surface area contributed by atoms with Gasteiger partial charge >= 0.3 is 0 Å². The van der Waals surface area contributed by atoms with Crippen LogP contribution in [0.2, 0.25) is 0 Å². The minimum absolute atomic E-state index is 0.322. The minimum atomic E-state index is -0.322. The number of aromatic nitrogens is 2. The highest BCUT2D eigenvalue weighted by Gasteiger charge is 2.43. The third kappa shape index (κ3) is 2.21. The van der Waals surface area contributed by atoms with E-state index in [1.807, 2.05) is 24.3 Å². The summed E-state index contributed by atoms with van der Waals surface area (Å²) in [5.41, 5.74) is 7.24. The predicted molar refractivity (Wildman–Crippen MR) is 70.5 cm³/mol. The third-order valence-electron chi connectivity index (χ3n) is 3.73. The Bertz CT molecular complexity index is 570. The van der Waals surface area contributed by atoms with E-state index in [9.17, 15) is 0 Å². The monoisotopic (exact) mass is 259 g/mol. The van der Waals surface area contributed by atoms with E-state index in [4.69, 9.17) is 15.0 Å². The first-order chi connectivity index (χ1) is 9.22. The number of nitrogens with two attached hydrogens (primary N) is 1. The molecule has 5 nitrogen and oxygen atoms in total. The second-order valence-corrected chi connectivity index (χ2v) is 4.99. The molecule has 100 valence electrons. The fourth-order valence-corrected chi connectivity index (χ4v) is 2.41. The summed E-state index contributed by atoms with van der Waals surface area (Å²) >= 11 is 0. The highest BCUT2D eigenvalue weighted by Crippen LogP contribution is 2.42. The van der Waals surface area contributed by atoms with Crippen molar-refractivity contribution in [3.05, 3.63) is 41.5 Å². The minimum Gasteiger partial charge on any atom is -0.399 e. The first kappa shape index (κ1) is 12.2. The fourth-order valence-electron chi connectivity index (χ4n) is 2.41. The molecule has 1 aromatic heterocycles. The van der Waals surface area contributed by atoms with Gasteiger partial charge in [-0.15, -0.1) is 0 Å². The van der Waals surface area contributed by atoms with Crippen LogP contribution >= 0.6 is 0 Å². The van der Waals surface area contributed by atoms with E-state index in [-0.39, 0.29) is 5.60 Å². The molecule has 2 aromatic rings. The smallest absolute Gasteiger partial charge is 0.231 e. The maximum Gasteiger partial charge on any atom is 0.231 e. The maximum absolute atomic E-state index is 5.75. The summed E-state index contributed by atoms with van der Waals surface area (Å²) < 4.78 is 10.8. The molecule has 0 saturated heterocycles. The van der Waals surface area contributed by atoms with E-state index in [2.05, 4.69) is 10.1 Å². The number of ether oxygens (including phenoxy) is 1. The standard InChI is InChI=1S/C14H17N3O2/c1-18-14(6-3-7-14)13-16-12(19-17-13)9-10-4-2-5-11(15)8-10/h2,4-5,8H,3,6-7,9,15H2,1H3. The van der Waals surface area contributed by atoms with Crippen LogP contribution in [0, 0.1) is 0 Å². The van der Waals surface area contributed by atoms with Crippen molar-refractivity contribution in [3.8, 4) is 0 Å². The van der Waals surface area contributed by atoms with E-state index in [0.717, 1.165) is 30.5 Å². The topological polar surface area (TPSA) is 74.2 Å². The number of hydrogen-bond donors (Lipinski definition) is 1. The normalized spacial score (nSPS) is 17.1. The molecule has 0 atom stereocenters. The van der Waals surface area contributed by atoms with Crippen molar-refractivity contribution >= 4 is 5.69 Å². The van der Waals surface area contributed by atoms with Gasteiger partial charge in [-0.3, -0.25) is 0 Å². The van der Waals surface area contributed by atoms with Crippen LogP contribution in [0.1, 0.15) is 36.5 Å². The highest BCUT2D eigenvalue weighted by molar-refractivity contribution is 5.41. The second-order valence-electron chi connectivity index (χ2n) is 4.99. The molecule has 1 saturated carbocycles. The van der Waals surface area contributed by atoms with Gasteiger partial charge in [0.15, 0.2) is 0 Å². The molecule has 0 spiro atoms. The van der Waals surface area contributed by atoms with Gasteiger partial charge in [-0.25, -0.2) is 0 Å². The van der Waals surface area contributed by atoms with Crippen LogP contribution in [0.25, 0.3) is 0 Å². The van der Waals surface area contributed by atoms with Crippen LogP contribution in [0.5, 0.6) is 0 Å². The fraction of sp³-hybridized carbons (Fsp3) is 0.429. The van der Waals surface area contributed by atoms with Gasteiger partial charge in [-0.1, -0.05) is 17.3 Å². The van der Waals surface area contributed by atoms with Crippen LogP contribution in [-0.4, -0.2) is 17.3 Å². The number of nitrogen functional groups attached to an aromatic ring is 1. The summed E-state index contributed by atoms with van der Waals surface area (Å²) in [7, 11) is 1.70. The molecule has 0 unspecified atom stereocenters. The molecule has 1 heterocycles. The number of benzene rings is 1. The van der Waals surface area contributed by atoms with Crippen molar-refractivity contribution in [2.24, 2.45) is 0 Å². The molecule has 19 heavy (non-hydrogen) atoms. The summed E-state index contributed by atoms with van der Waals surface area (Å²) in [6.45, 7) is 0. The summed E-state index contributed by atoms with van der Waals surface area (Å²) in [5.74, 6) is 1.27. The molecule has 0 amide bonds. The van der Waals surface area contributed by atoms with Gasteiger partial charge in [0, 0.05) is 12.8 Å². The lowest BCUT2D eigenvalue weighted by Gasteiger charge is -2.37. The molecule has 5 heteroatoms. The number of anilines is 1. The summed E-state index contributed by atoms with van der Waals surface area (Å²) in [6, 6.07) is 7.69. The lowest BCUT2D eigenvalue weighted by molar-refractivity contribution is -0.0858. The van der Waals surface area contributed by atoms with Crippen LogP contribution in [0.3, 0.4) is 0 Å². The Balaban J connectivity index is 1.78. The third-order valence-corrected chi connectivity index (χ3v) is 3.73. The van der Waals surface area contributed by atoms with Gasteiger partial charge in [0.1, 0.15) is 5.60 Å². The first-order valence-corrected chi connectivity index (χ1v) is 6.44. The van der Waals surface area contributed by atoms with Crippen LogP contribution in [0.15, 0.2) is 28.8 Å². The zero-order valence-electron chi connectivity index (χ0n) is 10.9. The maximum atomic E-state index is 5.75. The highest BCUT2D eigenvalue weighted by atomic mass is 16.5. The van der Waals surface area contributed by atoms with E-state index < -0.39 is 0 Å². The van der Waals surface area contributed by atoms with Crippen molar-refractivity contribution in [2.75, 3.05) is 12.8 Å². The van der Waals surface area contributed by atoms with Gasteiger partial charge in [0.05, 0.1) is 6.42 Å². The van der Waals surface area contributed by atoms with Gasteiger partial charge in [-0.05, 0) is 37.0 Å². The summed E-state index contributed by atoms with van der Waals surface area (Å²) in [6.07, 6.45) is 3.66. The summed E-state index contributed by atoms with van der Waals surface area (Å²) in [5, 5.41) is 4.06. The average Bonchev–Trinajstić information content (AvgIpc) is 2.77. The Labute approximate surface area is 111 Å². The van der Waals surface area contributed by atoms with Gasteiger partial charge in [0.2, 0.25) is 11.7 Å². The van der Waals surface area contributed by atoms with Crippen LogP contribution in [0.4, 0.5) is 5.69 Å². The Morgan fingerprint density at radius 2 is 2.26 bits per heavy atom. The average molecular weight is 259 g/mol. The Kier molecular flexibility index (Phi) is 2.98. The lowest BCUT2D eigenvalue weighted by atomic mass is 9.79. The van der Waals surface area contributed by atoms with Crippen LogP contribution in [-0.2, 0) is 16.8 Å². The molecule has 1 fully saturated rings. The molecule has 1 aliphatic rings. The van der Waals surface area contributed by atoms with E-state index >= 15 is 0 Å². The molecule has 2 N–H and O–H groups in total. The van der Waals surface area contributed by atoms with Crippen LogP contribution < -0.4 is 5.73 Å². The van der Waals surface area contributed by atoms with E-state index in [1.165, 1.54) is 0 Å². The Morgan fingerprint density at radius 3 is 2.89 bits per heavy atom. The lowest BCUT2D eigenvalue weighted by Crippen LogP contribution is -2.37. The molecule has 0 aliphatic heterocycles. The zero-order valence-corrected chi connectivity index (χ0v) is 10.9. The van der Waals surface area contributed by atoms with Crippen molar-refractivity contribution in [2.45, 2.75) is 31.3 Å². The number of nitrogens with zero attached hydrogens (tertiary/aromatic N) is 2. The van der Waals surface area contributed by atoms with Crippen molar-refractivity contribution in [3.63, 3.8) is 0 Å². The number of hydrogen-bond acceptors (Lipinski definition) is 5. The van der Waals surface area contributed by atoms with Crippen molar-refractivity contribution in [1.82, 2.24) is 10.1 Å². The Hall–Kier alpha value is -1.88. The first-order valence-electron chi connectivity index (χ1n) is 6.44. The van der Waals surface area contributed by atoms with E-state index in [0.29, 0.717) is 18.1 Å². The molecule has 0 bridgehead atoms. The predicted octanol–water partition coefficient (Wildman–Crippen LogP) is 2.27. The number of methoxy groups -OCH3 is 1. The molecule has 1 aromatic carbocycles. The summed E-state index contributed by atoms with van der Waals surface area (Å²) in [4.78, 5) is 4.46. The van der Waals surface area contributed by atoms with Crippen molar-refractivity contribution < 1.29 is 9.26 Å². The Morgan fingerprint density at radius 1 is 1.42 bits per heavy atom. The van der Waals surface area contributed by atoms with Gasteiger partial charge in [-0.2, -0.15) is 4.98 Å². The number of rotatable bonds is 4. The largest absolute Gasteiger partial charge is 0.399 e. The SMILES string of the molecule is COC1(c2noc(Cc3cccc(N)c3)n2)CCC1. The molecule has 3 rings (SSSR count). The van der Waals surface area contributed by atoms with Gasteiger partial charge < -0.3 is 15.0 Å². The van der Waals surface area contributed by atoms with Crippen molar-refractivity contribution in [1.29, 1.82) is 0 Å². The zero-order chi connectivity index (χ0) is 13.3. The second kappa shape index (κ2) is 4.66. The van der Waals surface area contributed by atoms with E-state index in [1.54, 1.807) is 7.11 Å². The quantitative estimate of drug-likeness (QED) is 0.852. The van der Waals surface area contributed by atoms with Gasteiger partial charge in [0.25, 0.3) is 0 Å². The molecular weight excluding hydrogens is 242 g/mol.